The van der Waals surface area contributed by atoms with E-state index in [0.29, 0.717) is 6.04 Å². The Kier molecular flexibility index (Phi) is 4.38. The summed E-state index contributed by atoms with van der Waals surface area (Å²) < 4.78 is 7.46. The van der Waals surface area contributed by atoms with Crippen molar-refractivity contribution < 1.29 is 9.53 Å². The molecule has 1 aliphatic rings. The molecule has 2 atom stereocenters. The second kappa shape index (κ2) is 5.87. The Hall–Kier alpha value is -1.49. The first-order chi connectivity index (χ1) is 9.39. The van der Waals surface area contributed by atoms with Crippen LogP contribution in [0.4, 0.5) is 4.79 Å². The number of aromatic nitrogens is 1. The molecule has 0 aromatic carbocycles. The number of amides is 1. The highest BCUT2D eigenvalue weighted by atomic mass is 16.6. The van der Waals surface area contributed by atoms with Gasteiger partial charge >= 0.3 is 6.09 Å². The molecule has 5 nitrogen and oxygen atoms in total. The van der Waals surface area contributed by atoms with Crippen LogP contribution < -0.4 is 10.6 Å². The number of hydrogen-bond donors (Lipinski definition) is 2. The van der Waals surface area contributed by atoms with E-state index in [1.807, 2.05) is 20.8 Å². The molecule has 20 heavy (non-hydrogen) atoms. The third-order valence-electron chi connectivity index (χ3n) is 3.30. The molecule has 1 aromatic heterocycles. The molecule has 0 radical (unpaired) electrons. The van der Waals surface area contributed by atoms with E-state index >= 15 is 0 Å². The van der Waals surface area contributed by atoms with Crippen molar-refractivity contribution in [3.63, 3.8) is 0 Å². The quantitative estimate of drug-likeness (QED) is 0.869. The van der Waals surface area contributed by atoms with E-state index in [-0.39, 0.29) is 12.1 Å². The zero-order valence-corrected chi connectivity index (χ0v) is 12.8. The van der Waals surface area contributed by atoms with Crippen LogP contribution in [0.3, 0.4) is 0 Å². The molecule has 2 unspecified atom stereocenters. The molecule has 1 saturated carbocycles. The summed E-state index contributed by atoms with van der Waals surface area (Å²) in [7, 11) is 0. The summed E-state index contributed by atoms with van der Waals surface area (Å²) in [4.78, 5) is 11.6. The van der Waals surface area contributed by atoms with Gasteiger partial charge in [0.05, 0.1) is 0 Å². The van der Waals surface area contributed by atoms with Gasteiger partial charge < -0.3 is 19.9 Å². The Bertz CT molecular complexity index is 462. The van der Waals surface area contributed by atoms with Crippen LogP contribution in [-0.2, 0) is 17.8 Å². The molecule has 1 heterocycles. The Morgan fingerprint density at radius 2 is 2.20 bits per heavy atom. The minimum atomic E-state index is -0.441. The maximum absolute atomic E-state index is 11.6. The van der Waals surface area contributed by atoms with Gasteiger partial charge in [0.15, 0.2) is 0 Å². The lowest BCUT2D eigenvalue weighted by Gasteiger charge is -2.19. The van der Waals surface area contributed by atoms with Gasteiger partial charge in [0.25, 0.3) is 0 Å². The molecule has 112 valence electrons. The number of carbonyl (C=O) groups excluding carboxylic acids is 1. The molecule has 0 spiro atoms. The number of nitrogens with one attached hydrogen (secondary N) is 2. The average molecular weight is 279 g/mol. The Balaban J connectivity index is 1.69. The Morgan fingerprint density at radius 3 is 2.85 bits per heavy atom. The van der Waals surface area contributed by atoms with Gasteiger partial charge in [-0.15, -0.1) is 0 Å². The predicted octanol–water partition coefficient (Wildman–Crippen LogP) is 2.26. The molecule has 2 rings (SSSR count). The van der Waals surface area contributed by atoms with Gasteiger partial charge in [0, 0.05) is 37.1 Å². The number of ether oxygens (including phenoxy) is 1. The fraction of sp³-hybridized carbons (Fsp3) is 0.667. The second-order valence-electron chi connectivity index (χ2n) is 6.26. The van der Waals surface area contributed by atoms with Crippen molar-refractivity contribution in [2.75, 3.05) is 0 Å². The maximum atomic E-state index is 11.6. The number of alkyl carbamates (subject to hydrolysis) is 1. The summed E-state index contributed by atoms with van der Waals surface area (Å²) in [5, 5.41) is 6.35. The highest BCUT2D eigenvalue weighted by Gasteiger charge is 2.38. The van der Waals surface area contributed by atoms with Gasteiger partial charge in [-0.05, 0) is 46.2 Å². The van der Waals surface area contributed by atoms with Crippen LogP contribution in [0, 0.1) is 0 Å². The van der Waals surface area contributed by atoms with E-state index in [0.717, 1.165) is 19.5 Å². The van der Waals surface area contributed by atoms with E-state index in [1.165, 1.54) is 5.69 Å². The minimum Gasteiger partial charge on any atom is -0.444 e. The molecule has 0 aliphatic heterocycles. The summed E-state index contributed by atoms with van der Waals surface area (Å²) >= 11 is 0. The molecule has 0 saturated heterocycles. The molecule has 0 bridgehead atoms. The van der Waals surface area contributed by atoms with Gasteiger partial charge in [-0.3, -0.25) is 0 Å². The summed E-state index contributed by atoms with van der Waals surface area (Å²) in [5.41, 5.74) is 0.833. The lowest BCUT2D eigenvalue weighted by Crippen LogP contribution is -2.36. The third kappa shape index (κ3) is 4.27. The SMILES string of the molecule is CCn1cccc1CNC1CC1NC(=O)OC(C)(C)C. The molecule has 2 N–H and O–H groups in total. The lowest BCUT2D eigenvalue weighted by molar-refractivity contribution is 0.0522. The molecular weight excluding hydrogens is 254 g/mol. The van der Waals surface area contributed by atoms with Crippen molar-refractivity contribution >= 4 is 6.09 Å². The number of aryl methyl sites for hydroxylation is 1. The van der Waals surface area contributed by atoms with E-state index in [1.54, 1.807) is 0 Å². The zero-order valence-electron chi connectivity index (χ0n) is 12.8. The van der Waals surface area contributed by atoms with Crippen molar-refractivity contribution in [2.45, 2.75) is 64.9 Å². The lowest BCUT2D eigenvalue weighted by atomic mass is 10.2. The molecule has 1 aromatic rings. The summed E-state index contributed by atoms with van der Waals surface area (Å²) in [6.07, 6.45) is 2.72. The fourth-order valence-electron chi connectivity index (χ4n) is 2.19. The largest absolute Gasteiger partial charge is 0.444 e. The van der Waals surface area contributed by atoms with Gasteiger partial charge in [0.2, 0.25) is 0 Å². The first-order valence-corrected chi connectivity index (χ1v) is 7.26. The number of rotatable bonds is 5. The highest BCUT2D eigenvalue weighted by molar-refractivity contribution is 5.68. The van der Waals surface area contributed by atoms with Crippen LogP contribution in [0.25, 0.3) is 0 Å². The maximum Gasteiger partial charge on any atom is 0.407 e. The smallest absolute Gasteiger partial charge is 0.407 e. The van der Waals surface area contributed by atoms with Gasteiger partial charge in [0.1, 0.15) is 5.60 Å². The molecular formula is C15H25N3O2. The minimum absolute atomic E-state index is 0.190. The van der Waals surface area contributed by atoms with Crippen LogP contribution in [-0.4, -0.2) is 28.3 Å². The first-order valence-electron chi connectivity index (χ1n) is 7.26. The first kappa shape index (κ1) is 14.9. The second-order valence-corrected chi connectivity index (χ2v) is 6.26. The highest BCUT2D eigenvalue weighted by Crippen LogP contribution is 2.22. The van der Waals surface area contributed by atoms with E-state index in [4.69, 9.17) is 4.74 Å². The van der Waals surface area contributed by atoms with Crippen LogP contribution >= 0.6 is 0 Å². The van der Waals surface area contributed by atoms with E-state index in [2.05, 4.69) is 40.5 Å². The predicted molar refractivity (Wildman–Crippen MR) is 78.5 cm³/mol. The van der Waals surface area contributed by atoms with Crippen molar-refractivity contribution in [3.05, 3.63) is 24.0 Å². The summed E-state index contributed by atoms with van der Waals surface area (Å²) in [6.45, 7) is 9.55. The summed E-state index contributed by atoms with van der Waals surface area (Å²) in [5.74, 6) is 0. The zero-order chi connectivity index (χ0) is 14.8. The average Bonchev–Trinajstić information content (AvgIpc) is 2.88. The normalized spacial score (nSPS) is 21.6. The molecule has 5 heteroatoms. The Labute approximate surface area is 120 Å². The van der Waals surface area contributed by atoms with Crippen molar-refractivity contribution in [2.24, 2.45) is 0 Å². The summed E-state index contributed by atoms with van der Waals surface area (Å²) in [6, 6.07) is 4.72. The van der Waals surface area contributed by atoms with Gasteiger partial charge in [-0.25, -0.2) is 4.79 Å². The van der Waals surface area contributed by atoms with Crippen LogP contribution in [0.15, 0.2) is 18.3 Å². The van der Waals surface area contributed by atoms with Gasteiger partial charge in [-0.1, -0.05) is 0 Å². The molecule has 1 aliphatic carbocycles. The van der Waals surface area contributed by atoms with Crippen molar-refractivity contribution in [1.29, 1.82) is 0 Å². The monoisotopic (exact) mass is 279 g/mol. The molecule has 1 amide bonds. The van der Waals surface area contributed by atoms with Crippen LogP contribution in [0.2, 0.25) is 0 Å². The van der Waals surface area contributed by atoms with Gasteiger partial charge in [-0.2, -0.15) is 0 Å². The topological polar surface area (TPSA) is 55.3 Å². The van der Waals surface area contributed by atoms with E-state index < -0.39 is 5.60 Å². The third-order valence-corrected chi connectivity index (χ3v) is 3.30. The van der Waals surface area contributed by atoms with Crippen LogP contribution in [0.5, 0.6) is 0 Å². The molecule has 1 fully saturated rings. The van der Waals surface area contributed by atoms with E-state index in [9.17, 15) is 4.79 Å². The van der Waals surface area contributed by atoms with Crippen molar-refractivity contribution in [1.82, 2.24) is 15.2 Å². The number of carbonyl (C=O) groups is 1. The fourth-order valence-corrected chi connectivity index (χ4v) is 2.19. The van der Waals surface area contributed by atoms with Crippen LogP contribution in [0.1, 0.15) is 39.8 Å². The standard InChI is InChI=1S/C15H25N3O2/c1-5-18-8-6-7-11(18)10-16-12-9-13(12)17-14(19)20-15(2,3)4/h6-8,12-13,16H,5,9-10H2,1-4H3,(H,17,19). The number of hydrogen-bond acceptors (Lipinski definition) is 3. The Morgan fingerprint density at radius 1 is 1.45 bits per heavy atom. The van der Waals surface area contributed by atoms with Crippen molar-refractivity contribution in [3.8, 4) is 0 Å². The number of nitrogens with zero attached hydrogens (tertiary/aromatic N) is 1.